The minimum absolute atomic E-state index is 0.882. The van der Waals surface area contributed by atoms with E-state index >= 15 is 0 Å². The number of hydrogen-bond acceptors (Lipinski definition) is 2. The summed E-state index contributed by atoms with van der Waals surface area (Å²) in [5.41, 5.74) is 0. The van der Waals surface area contributed by atoms with Gasteiger partial charge in [0.25, 0.3) is 0 Å². The van der Waals surface area contributed by atoms with Gasteiger partial charge in [-0.05, 0) is 31.1 Å². The van der Waals surface area contributed by atoms with Gasteiger partial charge in [0.1, 0.15) is 0 Å². The van der Waals surface area contributed by atoms with E-state index < -0.39 is 5.97 Å². The summed E-state index contributed by atoms with van der Waals surface area (Å²) in [7, 11) is 1.77. The molecule has 0 saturated heterocycles. The Balaban J connectivity index is 2.11. The van der Waals surface area contributed by atoms with E-state index in [0.29, 0.717) is 0 Å². The van der Waals surface area contributed by atoms with E-state index in [2.05, 4.69) is 6.08 Å². The van der Waals surface area contributed by atoms with Crippen LogP contribution in [0.2, 0.25) is 0 Å². The Kier molecular flexibility index (Phi) is 10.7. The van der Waals surface area contributed by atoms with Gasteiger partial charge in [-0.25, -0.2) is 4.79 Å². The fourth-order valence-electron chi connectivity index (χ4n) is 3.50. The van der Waals surface area contributed by atoms with E-state index in [4.69, 9.17) is 9.84 Å². The molecule has 0 aromatic rings. The smallest absolute Gasteiger partial charge is 0.328 e. The first-order valence-corrected chi connectivity index (χ1v) is 8.79. The Morgan fingerprint density at radius 1 is 1.09 bits per heavy atom. The van der Waals surface area contributed by atoms with Gasteiger partial charge < -0.3 is 9.84 Å². The van der Waals surface area contributed by atoms with Gasteiger partial charge in [-0.2, -0.15) is 0 Å². The van der Waals surface area contributed by atoms with Crippen LogP contribution in [0.5, 0.6) is 0 Å². The van der Waals surface area contributed by atoms with Crippen molar-refractivity contribution in [2.75, 3.05) is 13.7 Å². The van der Waals surface area contributed by atoms with E-state index in [-0.39, 0.29) is 0 Å². The molecule has 0 aromatic heterocycles. The van der Waals surface area contributed by atoms with Crippen molar-refractivity contribution in [3.05, 3.63) is 24.3 Å². The number of methoxy groups -OCH3 is 1. The molecule has 2 atom stereocenters. The topological polar surface area (TPSA) is 46.5 Å². The molecular weight excluding hydrogens is 276 g/mol. The molecule has 1 fully saturated rings. The predicted molar refractivity (Wildman–Crippen MR) is 90.9 cm³/mol. The van der Waals surface area contributed by atoms with Crippen molar-refractivity contribution in [1.82, 2.24) is 0 Å². The third-order valence-electron chi connectivity index (χ3n) is 4.68. The van der Waals surface area contributed by atoms with Crippen molar-refractivity contribution >= 4 is 5.97 Å². The molecule has 3 nitrogen and oxygen atoms in total. The first-order chi connectivity index (χ1) is 10.7. The number of aliphatic carboxylic acids is 1. The number of unbranched alkanes of at least 4 members (excludes halogenated alkanes) is 3. The van der Waals surface area contributed by atoms with Crippen LogP contribution in [0.4, 0.5) is 0 Å². The average molecular weight is 308 g/mol. The van der Waals surface area contributed by atoms with Gasteiger partial charge in [-0.1, -0.05) is 63.2 Å². The summed E-state index contributed by atoms with van der Waals surface area (Å²) in [6.45, 7) is 0.898. The molecule has 0 radical (unpaired) electrons. The zero-order valence-corrected chi connectivity index (χ0v) is 14.0. The number of carbonyl (C=O) groups is 1. The highest BCUT2D eigenvalue weighted by Crippen LogP contribution is 2.38. The minimum Gasteiger partial charge on any atom is -0.478 e. The Bertz CT molecular complexity index is 347. The summed E-state index contributed by atoms with van der Waals surface area (Å²) in [5, 5.41) is 8.50. The van der Waals surface area contributed by atoms with Crippen LogP contribution in [-0.4, -0.2) is 24.8 Å². The van der Waals surface area contributed by atoms with E-state index in [9.17, 15) is 4.79 Å². The second-order valence-electron chi connectivity index (χ2n) is 6.35. The molecule has 1 aliphatic rings. The average Bonchev–Trinajstić information content (AvgIpc) is 2.93. The number of carboxylic acids is 1. The van der Waals surface area contributed by atoms with E-state index in [1.165, 1.54) is 63.9 Å². The van der Waals surface area contributed by atoms with Gasteiger partial charge in [-0.15, -0.1) is 0 Å². The SMILES string of the molecule is COCCCCCC[C@H]1CCC[C@@H]1CCC=CC=CC(=O)O. The van der Waals surface area contributed by atoms with E-state index in [0.717, 1.165) is 24.9 Å². The number of ether oxygens (including phenoxy) is 1. The molecule has 3 heteroatoms. The Morgan fingerprint density at radius 3 is 2.55 bits per heavy atom. The maximum Gasteiger partial charge on any atom is 0.328 e. The highest BCUT2D eigenvalue weighted by atomic mass is 16.5. The quantitative estimate of drug-likeness (QED) is 0.314. The van der Waals surface area contributed by atoms with Crippen LogP contribution in [0.25, 0.3) is 0 Å². The van der Waals surface area contributed by atoms with Crippen LogP contribution in [0.3, 0.4) is 0 Å². The van der Waals surface area contributed by atoms with Crippen LogP contribution < -0.4 is 0 Å². The lowest BCUT2D eigenvalue weighted by atomic mass is 9.87. The molecule has 1 saturated carbocycles. The molecule has 1 rings (SSSR count). The number of hydrogen-bond donors (Lipinski definition) is 1. The first-order valence-electron chi connectivity index (χ1n) is 8.79. The van der Waals surface area contributed by atoms with Crippen molar-refractivity contribution < 1.29 is 14.6 Å². The first kappa shape index (κ1) is 19.0. The Labute approximate surface area is 135 Å². The largest absolute Gasteiger partial charge is 0.478 e. The van der Waals surface area contributed by atoms with Crippen LogP contribution >= 0.6 is 0 Å². The van der Waals surface area contributed by atoms with Crippen molar-refractivity contribution in [2.45, 2.75) is 64.2 Å². The summed E-state index contributed by atoms with van der Waals surface area (Å²) < 4.78 is 5.08. The number of carboxylic acid groups (broad SMARTS) is 1. The van der Waals surface area contributed by atoms with Gasteiger partial charge in [0.2, 0.25) is 0 Å². The van der Waals surface area contributed by atoms with Gasteiger partial charge in [0.15, 0.2) is 0 Å². The van der Waals surface area contributed by atoms with Gasteiger partial charge in [-0.3, -0.25) is 0 Å². The molecule has 0 amide bonds. The Hall–Kier alpha value is -1.09. The predicted octanol–water partition coefficient (Wildman–Crippen LogP) is 4.98. The molecule has 1 aliphatic carbocycles. The summed E-state index contributed by atoms with van der Waals surface area (Å²) >= 11 is 0. The lowest BCUT2D eigenvalue weighted by molar-refractivity contribution is -0.131. The molecule has 22 heavy (non-hydrogen) atoms. The van der Waals surface area contributed by atoms with Crippen LogP contribution in [0.1, 0.15) is 64.2 Å². The molecular formula is C19H32O3. The zero-order valence-electron chi connectivity index (χ0n) is 14.0. The molecule has 0 unspecified atom stereocenters. The van der Waals surface area contributed by atoms with E-state index in [1.54, 1.807) is 13.2 Å². The summed E-state index contributed by atoms with van der Waals surface area (Å²) in [6.07, 6.45) is 19.8. The summed E-state index contributed by atoms with van der Waals surface area (Å²) in [5.74, 6) is 0.920. The molecule has 126 valence electrons. The van der Waals surface area contributed by atoms with Crippen LogP contribution in [0.15, 0.2) is 24.3 Å². The van der Waals surface area contributed by atoms with Crippen molar-refractivity contribution in [3.63, 3.8) is 0 Å². The molecule has 0 bridgehead atoms. The molecule has 0 aromatic carbocycles. The zero-order chi connectivity index (χ0) is 16.0. The van der Waals surface area contributed by atoms with Crippen LogP contribution in [0, 0.1) is 11.8 Å². The highest BCUT2D eigenvalue weighted by molar-refractivity contribution is 5.80. The number of allylic oxidation sites excluding steroid dienone is 3. The summed E-state index contributed by atoms with van der Waals surface area (Å²) in [4.78, 5) is 10.3. The monoisotopic (exact) mass is 308 g/mol. The fourth-order valence-corrected chi connectivity index (χ4v) is 3.50. The van der Waals surface area contributed by atoms with Crippen molar-refractivity contribution in [2.24, 2.45) is 11.8 Å². The molecule has 0 aliphatic heterocycles. The Morgan fingerprint density at radius 2 is 1.82 bits per heavy atom. The van der Waals surface area contributed by atoms with Crippen LogP contribution in [-0.2, 0) is 9.53 Å². The second kappa shape index (κ2) is 12.5. The molecule has 1 N–H and O–H groups in total. The second-order valence-corrected chi connectivity index (χ2v) is 6.35. The van der Waals surface area contributed by atoms with Gasteiger partial charge in [0.05, 0.1) is 0 Å². The lowest BCUT2D eigenvalue weighted by Gasteiger charge is -2.18. The lowest BCUT2D eigenvalue weighted by Crippen LogP contribution is -2.07. The standard InChI is InChI=1S/C19H32O3/c1-22-16-9-5-4-7-12-18-14-10-13-17(18)11-6-2-3-8-15-19(20)21/h2-3,8,15,17-18H,4-7,9-14,16H2,1H3,(H,20,21)/t17-,18-/m0/s1. The van der Waals surface area contributed by atoms with E-state index in [1.807, 2.05) is 6.08 Å². The third kappa shape index (κ3) is 9.04. The van der Waals surface area contributed by atoms with Crippen molar-refractivity contribution in [1.29, 1.82) is 0 Å². The van der Waals surface area contributed by atoms with Gasteiger partial charge >= 0.3 is 5.97 Å². The normalized spacial score (nSPS) is 22.0. The highest BCUT2D eigenvalue weighted by Gasteiger charge is 2.25. The number of rotatable bonds is 12. The molecule has 0 spiro atoms. The van der Waals surface area contributed by atoms with Crippen molar-refractivity contribution in [3.8, 4) is 0 Å². The third-order valence-corrected chi connectivity index (χ3v) is 4.68. The minimum atomic E-state index is -0.883. The summed E-state index contributed by atoms with van der Waals surface area (Å²) in [6, 6.07) is 0. The molecule has 0 heterocycles. The maximum atomic E-state index is 10.3. The maximum absolute atomic E-state index is 10.3. The fraction of sp³-hybridized carbons (Fsp3) is 0.737. The van der Waals surface area contributed by atoms with Gasteiger partial charge in [0, 0.05) is 19.8 Å².